The second-order valence-corrected chi connectivity index (χ2v) is 6.80. The number of hydrogen-bond donors (Lipinski definition) is 2. The first-order chi connectivity index (χ1) is 11.9. The topological polar surface area (TPSA) is 82.4 Å². The molecule has 0 saturated carbocycles. The molecule has 0 saturated heterocycles. The van der Waals surface area contributed by atoms with Crippen LogP contribution in [0.2, 0.25) is 0 Å². The van der Waals surface area contributed by atoms with Crippen LogP contribution in [0.5, 0.6) is 5.75 Å². The highest BCUT2D eigenvalue weighted by Gasteiger charge is 2.35. The van der Waals surface area contributed by atoms with E-state index in [1.165, 1.54) is 0 Å². The zero-order valence-corrected chi connectivity index (χ0v) is 14.2. The number of rotatable bonds is 3. The highest BCUT2D eigenvalue weighted by atomic mass is 16.5. The predicted molar refractivity (Wildman–Crippen MR) is 92.8 cm³/mol. The molecule has 2 N–H and O–H groups in total. The van der Waals surface area contributed by atoms with Crippen molar-refractivity contribution < 1.29 is 14.6 Å². The fourth-order valence-corrected chi connectivity index (χ4v) is 3.09. The van der Waals surface area contributed by atoms with Gasteiger partial charge in [-0.1, -0.05) is 30.3 Å². The highest BCUT2D eigenvalue weighted by Crippen LogP contribution is 2.40. The number of nitriles is 1. The Morgan fingerprint density at radius 1 is 1.32 bits per heavy atom. The fourth-order valence-electron chi connectivity index (χ4n) is 3.09. The number of hydrogen-bond acceptors (Lipinski definition) is 4. The van der Waals surface area contributed by atoms with Crippen molar-refractivity contribution in [3.8, 4) is 11.8 Å². The van der Waals surface area contributed by atoms with Gasteiger partial charge in [0, 0.05) is 12.0 Å². The molecule has 0 aliphatic carbocycles. The summed E-state index contributed by atoms with van der Waals surface area (Å²) >= 11 is 0. The average Bonchev–Trinajstić information content (AvgIpc) is 2.60. The second-order valence-electron chi connectivity index (χ2n) is 6.80. The average molecular weight is 336 g/mol. The molecule has 2 aromatic rings. The Kier molecular flexibility index (Phi) is 4.47. The Bertz CT molecular complexity index is 825. The molecular formula is C20H20N2O3. The minimum atomic E-state index is -1.24. The van der Waals surface area contributed by atoms with Crippen LogP contribution in [-0.4, -0.2) is 16.6 Å². The molecule has 5 nitrogen and oxygen atoms in total. The number of fused-ring (bicyclic) bond motifs is 1. The molecular weight excluding hydrogens is 316 g/mol. The van der Waals surface area contributed by atoms with Gasteiger partial charge >= 0.3 is 0 Å². The van der Waals surface area contributed by atoms with Crippen LogP contribution in [0.15, 0.2) is 48.5 Å². The van der Waals surface area contributed by atoms with Crippen LogP contribution in [0, 0.1) is 11.3 Å². The molecule has 2 aromatic carbocycles. The number of carbonyl (C=O) groups is 1. The molecule has 0 fully saturated rings. The maximum Gasteiger partial charge on any atom is 0.253 e. The summed E-state index contributed by atoms with van der Waals surface area (Å²) in [6, 6.07) is 15.7. The van der Waals surface area contributed by atoms with E-state index in [9.17, 15) is 9.90 Å². The van der Waals surface area contributed by atoms with Crippen LogP contribution < -0.4 is 10.1 Å². The van der Waals surface area contributed by atoms with Crippen molar-refractivity contribution in [2.75, 3.05) is 0 Å². The second kappa shape index (κ2) is 6.58. The summed E-state index contributed by atoms with van der Waals surface area (Å²) in [5.41, 5.74) is 1.34. The molecule has 3 rings (SSSR count). The summed E-state index contributed by atoms with van der Waals surface area (Å²) in [5, 5.41) is 22.3. The van der Waals surface area contributed by atoms with E-state index in [4.69, 9.17) is 10.00 Å². The van der Waals surface area contributed by atoms with E-state index in [-0.39, 0.29) is 6.04 Å². The summed E-state index contributed by atoms with van der Waals surface area (Å²) < 4.78 is 5.95. The monoisotopic (exact) mass is 336 g/mol. The van der Waals surface area contributed by atoms with Crippen LogP contribution in [-0.2, 0) is 4.79 Å². The summed E-state index contributed by atoms with van der Waals surface area (Å²) in [6.45, 7) is 3.89. The molecule has 0 radical (unpaired) electrons. The lowest BCUT2D eigenvalue weighted by atomic mass is 9.88. The Balaban J connectivity index is 1.87. The minimum Gasteiger partial charge on any atom is -0.487 e. The summed E-state index contributed by atoms with van der Waals surface area (Å²) in [5.74, 6) is 0.178. The largest absolute Gasteiger partial charge is 0.487 e. The third kappa shape index (κ3) is 3.65. The SMILES string of the molecule is CC1(C)CC(NC(=O)C(O)c2ccccc2)c2cc(C#N)ccc2O1. The van der Waals surface area contributed by atoms with Gasteiger partial charge < -0.3 is 15.2 Å². The molecule has 1 aliphatic heterocycles. The van der Waals surface area contributed by atoms with Gasteiger partial charge in [-0.05, 0) is 37.6 Å². The van der Waals surface area contributed by atoms with Crippen molar-refractivity contribution in [3.05, 3.63) is 65.2 Å². The Morgan fingerprint density at radius 2 is 2.04 bits per heavy atom. The number of benzene rings is 2. The Hall–Kier alpha value is -2.84. The molecule has 0 spiro atoms. The van der Waals surface area contributed by atoms with Crippen molar-refractivity contribution in [3.63, 3.8) is 0 Å². The molecule has 25 heavy (non-hydrogen) atoms. The van der Waals surface area contributed by atoms with Gasteiger partial charge in [-0.15, -0.1) is 0 Å². The van der Waals surface area contributed by atoms with Gasteiger partial charge in [-0.3, -0.25) is 4.79 Å². The molecule has 2 unspecified atom stereocenters. The first-order valence-electron chi connectivity index (χ1n) is 8.16. The van der Waals surface area contributed by atoms with Gasteiger partial charge in [-0.25, -0.2) is 0 Å². The third-order valence-corrected chi connectivity index (χ3v) is 4.28. The lowest BCUT2D eigenvalue weighted by Crippen LogP contribution is -2.42. The van der Waals surface area contributed by atoms with Gasteiger partial charge in [0.15, 0.2) is 6.10 Å². The van der Waals surface area contributed by atoms with Crippen molar-refractivity contribution in [2.24, 2.45) is 0 Å². The molecule has 5 heteroatoms. The van der Waals surface area contributed by atoms with Gasteiger partial charge in [0.2, 0.25) is 0 Å². The van der Waals surface area contributed by atoms with Gasteiger partial charge in [0.1, 0.15) is 11.4 Å². The number of aliphatic hydroxyl groups excluding tert-OH is 1. The van der Waals surface area contributed by atoms with E-state index in [0.29, 0.717) is 23.3 Å². The first-order valence-corrected chi connectivity index (χ1v) is 8.16. The molecule has 128 valence electrons. The normalized spacial score (nSPS) is 19.0. The van der Waals surface area contributed by atoms with E-state index in [0.717, 1.165) is 5.56 Å². The van der Waals surface area contributed by atoms with E-state index < -0.39 is 17.6 Å². The fraction of sp³-hybridized carbons (Fsp3) is 0.300. The molecule has 0 aromatic heterocycles. The standard InChI is InChI=1S/C20H20N2O3/c1-20(2)11-16(15-10-13(12-21)8-9-17(15)25-20)22-19(24)18(23)14-6-4-3-5-7-14/h3-10,16,18,23H,11H2,1-2H3,(H,22,24). The molecule has 0 bridgehead atoms. The molecule has 1 heterocycles. The number of nitrogens with one attached hydrogen (secondary N) is 1. The number of ether oxygens (including phenoxy) is 1. The van der Waals surface area contributed by atoms with E-state index >= 15 is 0 Å². The zero-order chi connectivity index (χ0) is 18.0. The summed E-state index contributed by atoms with van der Waals surface area (Å²) in [6.07, 6.45) is -0.697. The number of nitrogens with zero attached hydrogens (tertiary/aromatic N) is 1. The molecule has 1 aliphatic rings. The summed E-state index contributed by atoms with van der Waals surface area (Å²) in [4.78, 5) is 12.5. The number of amides is 1. The van der Waals surface area contributed by atoms with E-state index in [2.05, 4.69) is 11.4 Å². The van der Waals surface area contributed by atoms with Gasteiger partial charge in [-0.2, -0.15) is 5.26 Å². The smallest absolute Gasteiger partial charge is 0.253 e. The number of carbonyl (C=O) groups excluding carboxylic acids is 1. The van der Waals surface area contributed by atoms with Crippen LogP contribution in [0.3, 0.4) is 0 Å². The number of aliphatic hydroxyl groups is 1. The van der Waals surface area contributed by atoms with E-state index in [1.807, 2.05) is 19.9 Å². The van der Waals surface area contributed by atoms with Crippen molar-refractivity contribution in [1.82, 2.24) is 5.32 Å². The van der Waals surface area contributed by atoms with Crippen LogP contribution in [0.25, 0.3) is 0 Å². The predicted octanol–water partition coefficient (Wildman–Crippen LogP) is 3.01. The van der Waals surface area contributed by atoms with Crippen molar-refractivity contribution in [1.29, 1.82) is 5.26 Å². The maximum atomic E-state index is 12.5. The Morgan fingerprint density at radius 3 is 2.72 bits per heavy atom. The van der Waals surface area contributed by atoms with Gasteiger partial charge in [0.25, 0.3) is 5.91 Å². The lowest BCUT2D eigenvalue weighted by Gasteiger charge is -2.38. The van der Waals surface area contributed by atoms with Crippen LogP contribution in [0.1, 0.15) is 49.1 Å². The van der Waals surface area contributed by atoms with Crippen LogP contribution in [0.4, 0.5) is 0 Å². The Labute approximate surface area is 146 Å². The van der Waals surface area contributed by atoms with E-state index in [1.54, 1.807) is 42.5 Å². The van der Waals surface area contributed by atoms with Crippen molar-refractivity contribution in [2.45, 2.75) is 38.0 Å². The lowest BCUT2D eigenvalue weighted by molar-refractivity contribution is -0.131. The van der Waals surface area contributed by atoms with Gasteiger partial charge in [0.05, 0.1) is 17.7 Å². The first kappa shape index (κ1) is 17.0. The molecule has 1 amide bonds. The minimum absolute atomic E-state index is 0.335. The highest BCUT2D eigenvalue weighted by molar-refractivity contribution is 5.82. The third-order valence-electron chi connectivity index (χ3n) is 4.28. The summed E-state index contributed by atoms with van der Waals surface area (Å²) in [7, 11) is 0. The molecule has 2 atom stereocenters. The quantitative estimate of drug-likeness (QED) is 0.902. The van der Waals surface area contributed by atoms with Crippen molar-refractivity contribution >= 4 is 5.91 Å². The van der Waals surface area contributed by atoms with Crippen LogP contribution >= 0.6 is 0 Å². The maximum absolute atomic E-state index is 12.5. The zero-order valence-electron chi connectivity index (χ0n) is 14.2.